The SMILES string of the molecule is Cc1ccsc1C(O)CNC(=O)CC(c1ccccc1)c1ccccc1. The van der Waals surface area contributed by atoms with Crippen molar-refractivity contribution in [2.24, 2.45) is 0 Å². The fourth-order valence-electron chi connectivity index (χ4n) is 3.09. The molecule has 1 amide bonds. The predicted octanol–water partition coefficient (Wildman–Crippen LogP) is 4.43. The topological polar surface area (TPSA) is 49.3 Å². The van der Waals surface area contributed by atoms with E-state index >= 15 is 0 Å². The lowest BCUT2D eigenvalue weighted by Gasteiger charge is -2.18. The van der Waals surface area contributed by atoms with Crippen molar-refractivity contribution in [1.82, 2.24) is 5.32 Å². The number of aliphatic hydroxyl groups is 1. The molecule has 3 aromatic rings. The molecule has 134 valence electrons. The van der Waals surface area contributed by atoms with Crippen molar-refractivity contribution >= 4 is 17.2 Å². The molecule has 0 aliphatic carbocycles. The van der Waals surface area contributed by atoms with Crippen LogP contribution in [-0.4, -0.2) is 17.6 Å². The second kappa shape index (κ2) is 8.79. The van der Waals surface area contributed by atoms with Gasteiger partial charge in [-0.1, -0.05) is 60.7 Å². The van der Waals surface area contributed by atoms with E-state index in [1.807, 2.05) is 54.8 Å². The van der Waals surface area contributed by atoms with Gasteiger partial charge in [-0.05, 0) is 35.1 Å². The van der Waals surface area contributed by atoms with E-state index in [0.717, 1.165) is 21.6 Å². The number of aryl methyl sites for hydroxylation is 1. The van der Waals surface area contributed by atoms with Crippen LogP contribution in [-0.2, 0) is 4.79 Å². The Balaban J connectivity index is 1.67. The molecule has 0 aliphatic rings. The monoisotopic (exact) mass is 365 g/mol. The summed E-state index contributed by atoms with van der Waals surface area (Å²) in [7, 11) is 0. The summed E-state index contributed by atoms with van der Waals surface area (Å²) in [5, 5.41) is 15.1. The molecule has 1 aromatic heterocycles. The molecule has 3 nitrogen and oxygen atoms in total. The van der Waals surface area contributed by atoms with Crippen LogP contribution in [0.2, 0.25) is 0 Å². The quantitative estimate of drug-likeness (QED) is 0.651. The number of benzene rings is 2. The van der Waals surface area contributed by atoms with Crippen molar-refractivity contribution in [3.05, 3.63) is 93.7 Å². The van der Waals surface area contributed by atoms with Crippen LogP contribution in [0.1, 0.15) is 40.0 Å². The fraction of sp³-hybridized carbons (Fsp3) is 0.227. The number of aliphatic hydroxyl groups excluding tert-OH is 1. The summed E-state index contributed by atoms with van der Waals surface area (Å²) in [5.74, 6) is -0.0611. The van der Waals surface area contributed by atoms with Crippen LogP contribution >= 0.6 is 11.3 Å². The molecule has 0 fully saturated rings. The summed E-state index contributed by atoms with van der Waals surface area (Å²) in [6, 6.07) is 22.1. The highest BCUT2D eigenvalue weighted by Gasteiger charge is 2.19. The summed E-state index contributed by atoms with van der Waals surface area (Å²) in [5.41, 5.74) is 3.29. The third-order valence-corrected chi connectivity index (χ3v) is 5.61. The third-order valence-electron chi connectivity index (χ3n) is 4.49. The number of hydrogen-bond acceptors (Lipinski definition) is 3. The van der Waals surface area contributed by atoms with E-state index in [-0.39, 0.29) is 18.4 Å². The van der Waals surface area contributed by atoms with Crippen LogP contribution in [0.5, 0.6) is 0 Å². The lowest BCUT2D eigenvalue weighted by Crippen LogP contribution is -2.29. The van der Waals surface area contributed by atoms with Crippen molar-refractivity contribution in [2.75, 3.05) is 6.54 Å². The molecule has 0 aliphatic heterocycles. The number of amides is 1. The van der Waals surface area contributed by atoms with Gasteiger partial charge in [0.15, 0.2) is 0 Å². The van der Waals surface area contributed by atoms with Crippen molar-refractivity contribution in [1.29, 1.82) is 0 Å². The van der Waals surface area contributed by atoms with Crippen LogP contribution in [0.15, 0.2) is 72.1 Å². The molecule has 4 heteroatoms. The first kappa shape index (κ1) is 18.4. The van der Waals surface area contributed by atoms with Crippen molar-refractivity contribution < 1.29 is 9.90 Å². The fourth-order valence-corrected chi connectivity index (χ4v) is 4.00. The number of rotatable bonds is 7. The lowest BCUT2D eigenvalue weighted by atomic mass is 9.88. The molecule has 26 heavy (non-hydrogen) atoms. The molecule has 0 saturated heterocycles. The van der Waals surface area contributed by atoms with E-state index in [0.29, 0.717) is 6.42 Å². The predicted molar refractivity (Wildman–Crippen MR) is 106 cm³/mol. The Labute approximate surface area is 158 Å². The van der Waals surface area contributed by atoms with Crippen LogP contribution in [0.3, 0.4) is 0 Å². The summed E-state index contributed by atoms with van der Waals surface area (Å²) >= 11 is 1.52. The Morgan fingerprint density at radius 2 is 1.58 bits per heavy atom. The van der Waals surface area contributed by atoms with E-state index < -0.39 is 6.10 Å². The van der Waals surface area contributed by atoms with E-state index in [1.165, 1.54) is 11.3 Å². The molecule has 0 spiro atoms. The Hall–Kier alpha value is -2.43. The van der Waals surface area contributed by atoms with Gasteiger partial charge in [0, 0.05) is 23.8 Å². The van der Waals surface area contributed by atoms with E-state index in [4.69, 9.17) is 0 Å². The summed E-state index contributed by atoms with van der Waals surface area (Å²) < 4.78 is 0. The van der Waals surface area contributed by atoms with Gasteiger partial charge in [-0.25, -0.2) is 0 Å². The smallest absolute Gasteiger partial charge is 0.221 e. The highest BCUT2D eigenvalue weighted by Crippen LogP contribution is 2.28. The molecule has 0 radical (unpaired) electrons. The highest BCUT2D eigenvalue weighted by atomic mass is 32.1. The number of nitrogens with one attached hydrogen (secondary N) is 1. The minimum absolute atomic E-state index is 0.00184. The average Bonchev–Trinajstić information content (AvgIpc) is 3.11. The molecule has 2 aromatic carbocycles. The van der Waals surface area contributed by atoms with Gasteiger partial charge in [0.05, 0.1) is 0 Å². The minimum atomic E-state index is -0.661. The van der Waals surface area contributed by atoms with Crippen LogP contribution < -0.4 is 5.32 Å². The van der Waals surface area contributed by atoms with Gasteiger partial charge >= 0.3 is 0 Å². The molecule has 0 bridgehead atoms. The Kier molecular flexibility index (Phi) is 6.21. The first-order chi connectivity index (χ1) is 12.6. The maximum absolute atomic E-state index is 12.5. The molecular formula is C22H23NO2S. The summed E-state index contributed by atoms with van der Waals surface area (Å²) in [6.45, 7) is 2.20. The molecule has 2 N–H and O–H groups in total. The Morgan fingerprint density at radius 1 is 1.00 bits per heavy atom. The van der Waals surface area contributed by atoms with Gasteiger partial charge in [0.1, 0.15) is 6.10 Å². The second-order valence-electron chi connectivity index (χ2n) is 6.37. The number of carbonyl (C=O) groups is 1. The van der Waals surface area contributed by atoms with Crippen molar-refractivity contribution in [3.63, 3.8) is 0 Å². The van der Waals surface area contributed by atoms with Gasteiger partial charge in [-0.3, -0.25) is 4.79 Å². The maximum atomic E-state index is 12.5. The first-order valence-electron chi connectivity index (χ1n) is 8.74. The molecule has 1 heterocycles. The summed E-state index contributed by atoms with van der Waals surface area (Å²) in [6.07, 6.45) is -0.310. The van der Waals surface area contributed by atoms with Crippen LogP contribution in [0.4, 0.5) is 0 Å². The van der Waals surface area contributed by atoms with Gasteiger partial charge in [0.2, 0.25) is 5.91 Å². The second-order valence-corrected chi connectivity index (χ2v) is 7.31. The standard InChI is InChI=1S/C22H23NO2S/c1-16-12-13-26-22(16)20(24)15-23-21(25)14-19(17-8-4-2-5-9-17)18-10-6-3-7-11-18/h2-13,19-20,24H,14-15H2,1H3,(H,23,25). The number of thiophene rings is 1. The van der Waals surface area contributed by atoms with E-state index in [9.17, 15) is 9.90 Å². The van der Waals surface area contributed by atoms with Gasteiger partial charge < -0.3 is 10.4 Å². The zero-order chi connectivity index (χ0) is 18.4. The average molecular weight is 365 g/mol. The third kappa shape index (κ3) is 4.59. The van der Waals surface area contributed by atoms with E-state index in [1.54, 1.807) is 0 Å². The van der Waals surface area contributed by atoms with E-state index in [2.05, 4.69) is 29.6 Å². The normalized spacial score (nSPS) is 12.1. The number of hydrogen-bond donors (Lipinski definition) is 2. The largest absolute Gasteiger partial charge is 0.386 e. The van der Waals surface area contributed by atoms with Gasteiger partial charge in [0.25, 0.3) is 0 Å². The van der Waals surface area contributed by atoms with Crippen LogP contribution in [0, 0.1) is 6.92 Å². The molecule has 0 saturated carbocycles. The Morgan fingerprint density at radius 3 is 2.08 bits per heavy atom. The minimum Gasteiger partial charge on any atom is -0.386 e. The first-order valence-corrected chi connectivity index (χ1v) is 9.61. The zero-order valence-electron chi connectivity index (χ0n) is 14.8. The highest BCUT2D eigenvalue weighted by molar-refractivity contribution is 7.10. The van der Waals surface area contributed by atoms with Gasteiger partial charge in [-0.2, -0.15) is 0 Å². The summed E-state index contributed by atoms with van der Waals surface area (Å²) in [4.78, 5) is 13.5. The van der Waals surface area contributed by atoms with Crippen LogP contribution in [0.25, 0.3) is 0 Å². The Bertz CT molecular complexity index is 790. The number of carbonyl (C=O) groups excluding carboxylic acids is 1. The van der Waals surface area contributed by atoms with Crippen molar-refractivity contribution in [2.45, 2.75) is 25.4 Å². The lowest BCUT2D eigenvalue weighted by molar-refractivity contribution is -0.121. The zero-order valence-corrected chi connectivity index (χ0v) is 15.6. The van der Waals surface area contributed by atoms with Gasteiger partial charge in [-0.15, -0.1) is 11.3 Å². The molecular weight excluding hydrogens is 342 g/mol. The molecule has 3 rings (SSSR count). The molecule has 1 unspecified atom stereocenters. The maximum Gasteiger partial charge on any atom is 0.221 e. The van der Waals surface area contributed by atoms with Crippen molar-refractivity contribution in [3.8, 4) is 0 Å². The molecule has 1 atom stereocenters.